The van der Waals surface area contributed by atoms with Gasteiger partial charge in [-0.3, -0.25) is 9.59 Å². The van der Waals surface area contributed by atoms with E-state index >= 15 is 0 Å². The molecule has 32 heavy (non-hydrogen) atoms. The number of ether oxygens (including phenoxy) is 1. The molecule has 0 spiro atoms. The summed E-state index contributed by atoms with van der Waals surface area (Å²) in [6.07, 6.45) is 4.47. The second-order valence-electron chi connectivity index (χ2n) is 8.54. The number of aryl methyl sites for hydroxylation is 1. The molecule has 0 saturated heterocycles. The van der Waals surface area contributed by atoms with Crippen LogP contribution in [0.4, 0.5) is 5.69 Å². The lowest BCUT2D eigenvalue weighted by Crippen LogP contribution is -2.34. The van der Waals surface area contributed by atoms with E-state index in [1.54, 1.807) is 32.9 Å². The minimum absolute atomic E-state index is 0.0181. The van der Waals surface area contributed by atoms with Gasteiger partial charge < -0.3 is 10.1 Å². The molecule has 7 nitrogen and oxygen atoms in total. The highest BCUT2D eigenvalue weighted by Crippen LogP contribution is 2.16. The predicted molar refractivity (Wildman–Crippen MR) is 125 cm³/mol. The summed E-state index contributed by atoms with van der Waals surface area (Å²) in [6.45, 7) is 6.81. The van der Waals surface area contributed by atoms with Gasteiger partial charge in [0.15, 0.2) is 0 Å². The van der Waals surface area contributed by atoms with Crippen molar-refractivity contribution in [2.75, 3.05) is 11.9 Å². The average Bonchev–Trinajstić information content (AvgIpc) is 2.72. The number of esters is 1. The van der Waals surface area contributed by atoms with E-state index in [9.17, 15) is 18.0 Å². The van der Waals surface area contributed by atoms with E-state index in [-0.39, 0.29) is 10.8 Å². The van der Waals surface area contributed by atoms with Crippen molar-refractivity contribution in [3.63, 3.8) is 0 Å². The van der Waals surface area contributed by atoms with Crippen molar-refractivity contribution in [3.8, 4) is 0 Å². The molecule has 0 bridgehead atoms. The van der Waals surface area contributed by atoms with Gasteiger partial charge in [0.05, 0.1) is 4.90 Å². The Morgan fingerprint density at radius 1 is 0.938 bits per heavy atom. The minimum Gasteiger partial charge on any atom is -0.459 e. The summed E-state index contributed by atoms with van der Waals surface area (Å²) in [4.78, 5) is 24.2. The summed E-state index contributed by atoms with van der Waals surface area (Å²) in [6, 6.07) is 13.2. The third-order valence-corrected chi connectivity index (χ3v) is 5.95. The number of carbonyl (C=O) groups is 2. The summed E-state index contributed by atoms with van der Waals surface area (Å²) in [5.74, 6) is -0.940. The third kappa shape index (κ3) is 8.43. The molecule has 2 N–H and O–H groups in total. The molecule has 0 atom stereocenters. The molecule has 2 rings (SSSR count). The largest absolute Gasteiger partial charge is 0.459 e. The first-order chi connectivity index (χ1) is 15.0. The van der Waals surface area contributed by atoms with Gasteiger partial charge in [-0.2, -0.15) is 4.72 Å². The molecule has 0 aliphatic carbocycles. The maximum absolute atomic E-state index is 12.5. The van der Waals surface area contributed by atoms with Crippen LogP contribution < -0.4 is 10.0 Å². The maximum Gasteiger partial charge on any atom is 0.321 e. The molecule has 174 valence electrons. The van der Waals surface area contributed by atoms with Gasteiger partial charge in [-0.15, -0.1) is 0 Å². The zero-order valence-electron chi connectivity index (χ0n) is 19.1. The van der Waals surface area contributed by atoms with Gasteiger partial charge in [-0.1, -0.05) is 31.9 Å². The van der Waals surface area contributed by atoms with Gasteiger partial charge in [0.25, 0.3) is 5.91 Å². The molecule has 0 aliphatic heterocycles. The Hall–Kier alpha value is -2.71. The van der Waals surface area contributed by atoms with Crippen LogP contribution in [-0.4, -0.2) is 32.4 Å². The van der Waals surface area contributed by atoms with Crippen molar-refractivity contribution in [2.45, 2.75) is 63.9 Å². The zero-order chi connectivity index (χ0) is 23.8. The zero-order valence-corrected chi connectivity index (χ0v) is 19.9. The minimum atomic E-state index is -3.89. The second-order valence-corrected chi connectivity index (χ2v) is 10.3. The van der Waals surface area contributed by atoms with E-state index in [4.69, 9.17) is 4.74 Å². The first-order valence-corrected chi connectivity index (χ1v) is 12.2. The molecule has 0 radical (unpaired) electrons. The number of sulfonamides is 1. The fourth-order valence-electron chi connectivity index (χ4n) is 2.94. The van der Waals surface area contributed by atoms with E-state index in [2.05, 4.69) is 17.0 Å². The number of unbranched alkanes of at least 4 members (excludes halogenated alkanes) is 2. The molecule has 8 heteroatoms. The van der Waals surface area contributed by atoms with Crippen LogP contribution in [0.3, 0.4) is 0 Å². The number of carbonyl (C=O) groups excluding carboxylic acids is 2. The Labute approximate surface area is 190 Å². The lowest BCUT2D eigenvalue weighted by atomic mass is 10.1. The molecule has 2 aromatic carbocycles. The van der Waals surface area contributed by atoms with Crippen LogP contribution in [0.2, 0.25) is 0 Å². The summed E-state index contributed by atoms with van der Waals surface area (Å²) >= 11 is 0. The normalized spacial score (nSPS) is 11.8. The highest BCUT2D eigenvalue weighted by Gasteiger charge is 2.20. The van der Waals surface area contributed by atoms with Crippen molar-refractivity contribution < 1.29 is 22.7 Å². The molecular weight excluding hydrogens is 428 g/mol. The Morgan fingerprint density at radius 3 is 2.12 bits per heavy atom. The molecule has 0 unspecified atom stereocenters. The number of anilines is 1. The molecular formula is C24H32N2O5S. The maximum atomic E-state index is 12.5. The number of rotatable bonds is 10. The van der Waals surface area contributed by atoms with E-state index in [1.807, 2.05) is 12.1 Å². The number of hydrogen-bond donors (Lipinski definition) is 2. The third-order valence-electron chi connectivity index (χ3n) is 4.53. The fourth-order valence-corrected chi connectivity index (χ4v) is 3.91. The van der Waals surface area contributed by atoms with Gasteiger partial charge in [-0.05, 0) is 75.6 Å². The highest BCUT2D eigenvalue weighted by atomic mass is 32.2. The molecule has 0 saturated carbocycles. The van der Waals surface area contributed by atoms with Crippen molar-refractivity contribution in [1.29, 1.82) is 0 Å². The van der Waals surface area contributed by atoms with Gasteiger partial charge >= 0.3 is 5.97 Å². The number of amides is 1. The monoisotopic (exact) mass is 460 g/mol. The Bertz CT molecular complexity index is 1010. The van der Waals surface area contributed by atoms with Crippen LogP contribution in [0.5, 0.6) is 0 Å². The van der Waals surface area contributed by atoms with E-state index in [0.717, 1.165) is 12.8 Å². The Balaban J connectivity index is 1.94. The molecule has 1 amide bonds. The highest BCUT2D eigenvalue weighted by molar-refractivity contribution is 7.89. The lowest BCUT2D eigenvalue weighted by molar-refractivity contribution is -0.153. The summed E-state index contributed by atoms with van der Waals surface area (Å²) in [5.41, 5.74) is 1.49. The fraction of sp³-hybridized carbons (Fsp3) is 0.417. The van der Waals surface area contributed by atoms with Crippen molar-refractivity contribution >= 4 is 27.6 Å². The summed E-state index contributed by atoms with van der Waals surface area (Å²) in [7, 11) is -3.89. The van der Waals surface area contributed by atoms with E-state index in [0.29, 0.717) is 11.3 Å². The summed E-state index contributed by atoms with van der Waals surface area (Å²) < 4.78 is 32.1. The van der Waals surface area contributed by atoms with Crippen LogP contribution in [-0.2, 0) is 26.0 Å². The van der Waals surface area contributed by atoms with Crippen LogP contribution in [0.15, 0.2) is 53.4 Å². The predicted octanol–water partition coefficient (Wildman–Crippen LogP) is 4.29. The average molecular weight is 461 g/mol. The van der Waals surface area contributed by atoms with Crippen molar-refractivity contribution in [1.82, 2.24) is 4.72 Å². The number of benzene rings is 2. The van der Waals surface area contributed by atoms with Crippen LogP contribution >= 0.6 is 0 Å². The van der Waals surface area contributed by atoms with Gasteiger partial charge in [0, 0.05) is 11.3 Å². The van der Waals surface area contributed by atoms with E-state index < -0.39 is 28.1 Å². The number of hydrogen-bond acceptors (Lipinski definition) is 5. The molecule has 2 aromatic rings. The topological polar surface area (TPSA) is 102 Å². The van der Waals surface area contributed by atoms with Gasteiger partial charge in [0.2, 0.25) is 10.0 Å². The standard InChI is InChI=1S/C24H32N2O5S/c1-5-6-7-8-18-9-11-19(12-10-18)23(28)26-20-13-15-21(16-14-20)32(29,30)25-17-22(27)31-24(2,3)4/h9-16,25H,5-8,17H2,1-4H3,(H,26,28). The Kier molecular flexibility index (Phi) is 8.98. The van der Waals surface area contributed by atoms with Crippen molar-refractivity contribution in [3.05, 3.63) is 59.7 Å². The van der Waals surface area contributed by atoms with E-state index in [1.165, 1.54) is 42.7 Å². The van der Waals surface area contributed by atoms with Gasteiger partial charge in [0.1, 0.15) is 12.1 Å². The van der Waals surface area contributed by atoms with Gasteiger partial charge in [-0.25, -0.2) is 8.42 Å². The molecule has 0 aromatic heterocycles. The Morgan fingerprint density at radius 2 is 1.56 bits per heavy atom. The first kappa shape index (κ1) is 25.5. The molecule has 0 aliphatic rings. The quantitative estimate of drug-likeness (QED) is 0.407. The van der Waals surface area contributed by atoms with Crippen LogP contribution in [0.1, 0.15) is 62.9 Å². The first-order valence-electron chi connectivity index (χ1n) is 10.7. The second kappa shape index (κ2) is 11.2. The molecule has 0 heterocycles. The molecule has 0 fully saturated rings. The van der Waals surface area contributed by atoms with Crippen molar-refractivity contribution in [2.24, 2.45) is 0 Å². The lowest BCUT2D eigenvalue weighted by Gasteiger charge is -2.19. The summed E-state index contributed by atoms with van der Waals surface area (Å²) in [5, 5.41) is 2.76. The van der Waals surface area contributed by atoms with Crippen LogP contribution in [0.25, 0.3) is 0 Å². The SMILES string of the molecule is CCCCCc1ccc(C(=O)Nc2ccc(S(=O)(=O)NCC(=O)OC(C)(C)C)cc2)cc1. The number of nitrogens with one attached hydrogen (secondary N) is 2. The smallest absolute Gasteiger partial charge is 0.321 e. The van der Waals surface area contributed by atoms with Crippen LogP contribution in [0, 0.1) is 0 Å².